The standard InChI is InChI=1S/C9H9N3O/c1-6-8(4-13)3-12-9(6)7(2)10-5-11-12/h3-5H,1-2H3. The Hall–Kier alpha value is -1.71. The topological polar surface area (TPSA) is 47.3 Å². The lowest BCUT2D eigenvalue weighted by atomic mass is 10.2. The van der Waals surface area contributed by atoms with Crippen molar-refractivity contribution in [2.45, 2.75) is 13.8 Å². The predicted molar refractivity (Wildman–Crippen MR) is 47.8 cm³/mol. The van der Waals surface area contributed by atoms with E-state index in [1.165, 1.54) is 6.33 Å². The molecule has 0 bridgehead atoms. The van der Waals surface area contributed by atoms with Crippen LogP contribution in [-0.2, 0) is 0 Å². The van der Waals surface area contributed by atoms with E-state index in [0.29, 0.717) is 5.56 Å². The number of hydrogen-bond acceptors (Lipinski definition) is 3. The number of carbonyl (C=O) groups excluding carboxylic acids is 1. The lowest BCUT2D eigenvalue weighted by Crippen LogP contribution is -1.94. The second kappa shape index (κ2) is 2.65. The van der Waals surface area contributed by atoms with Gasteiger partial charge in [-0.25, -0.2) is 9.50 Å². The fraction of sp³-hybridized carbons (Fsp3) is 0.222. The fourth-order valence-electron chi connectivity index (χ4n) is 1.48. The molecule has 2 rings (SSSR count). The first-order chi connectivity index (χ1) is 6.24. The number of carbonyl (C=O) groups is 1. The lowest BCUT2D eigenvalue weighted by molar-refractivity contribution is 0.112. The molecular formula is C9H9N3O. The van der Waals surface area contributed by atoms with Gasteiger partial charge in [-0.2, -0.15) is 5.10 Å². The van der Waals surface area contributed by atoms with Crippen LogP contribution in [0, 0.1) is 13.8 Å². The SMILES string of the molecule is Cc1ncnn2cc(C=O)c(C)c12. The van der Waals surface area contributed by atoms with Gasteiger partial charge in [-0.1, -0.05) is 0 Å². The van der Waals surface area contributed by atoms with Gasteiger partial charge in [-0.3, -0.25) is 4.79 Å². The molecule has 4 nitrogen and oxygen atoms in total. The number of aldehydes is 1. The average molecular weight is 175 g/mol. The molecule has 0 unspecified atom stereocenters. The Morgan fingerprint density at radius 1 is 1.46 bits per heavy atom. The van der Waals surface area contributed by atoms with Crippen molar-refractivity contribution in [2.75, 3.05) is 0 Å². The molecule has 0 aliphatic rings. The number of fused-ring (bicyclic) bond motifs is 1. The van der Waals surface area contributed by atoms with Gasteiger partial charge in [0.1, 0.15) is 6.33 Å². The first-order valence-corrected chi connectivity index (χ1v) is 3.98. The van der Waals surface area contributed by atoms with Crippen LogP contribution in [0.3, 0.4) is 0 Å². The third-order valence-corrected chi connectivity index (χ3v) is 2.18. The molecule has 0 atom stereocenters. The fourth-order valence-corrected chi connectivity index (χ4v) is 1.48. The van der Waals surface area contributed by atoms with Gasteiger partial charge in [0.15, 0.2) is 6.29 Å². The van der Waals surface area contributed by atoms with Crippen molar-refractivity contribution in [2.24, 2.45) is 0 Å². The molecule has 2 heterocycles. The van der Waals surface area contributed by atoms with Crippen molar-refractivity contribution in [3.05, 3.63) is 29.3 Å². The molecule has 0 spiro atoms. The number of nitrogens with zero attached hydrogens (tertiary/aromatic N) is 3. The highest BCUT2D eigenvalue weighted by Gasteiger charge is 2.08. The molecule has 0 aliphatic heterocycles. The summed E-state index contributed by atoms with van der Waals surface area (Å²) in [7, 11) is 0. The zero-order valence-electron chi connectivity index (χ0n) is 7.48. The molecule has 0 aromatic carbocycles. The van der Waals surface area contributed by atoms with Crippen LogP contribution in [-0.4, -0.2) is 20.9 Å². The van der Waals surface area contributed by atoms with Gasteiger partial charge in [0.25, 0.3) is 0 Å². The number of aryl methyl sites for hydroxylation is 2. The summed E-state index contributed by atoms with van der Waals surface area (Å²) in [6.45, 7) is 3.80. The summed E-state index contributed by atoms with van der Waals surface area (Å²) in [4.78, 5) is 14.7. The Labute approximate surface area is 75.2 Å². The maximum atomic E-state index is 10.6. The second-order valence-electron chi connectivity index (χ2n) is 2.97. The van der Waals surface area contributed by atoms with E-state index in [9.17, 15) is 4.79 Å². The molecule has 66 valence electrons. The average Bonchev–Trinajstić information content (AvgIpc) is 2.44. The van der Waals surface area contributed by atoms with Gasteiger partial charge in [0.05, 0.1) is 11.2 Å². The molecule has 0 saturated carbocycles. The maximum Gasteiger partial charge on any atom is 0.151 e. The quantitative estimate of drug-likeness (QED) is 0.611. The summed E-state index contributed by atoms with van der Waals surface area (Å²) in [5.41, 5.74) is 3.42. The van der Waals surface area contributed by atoms with Gasteiger partial charge in [-0.15, -0.1) is 0 Å². The van der Waals surface area contributed by atoms with Crippen LogP contribution in [0.25, 0.3) is 5.52 Å². The Balaban J connectivity index is 2.92. The second-order valence-corrected chi connectivity index (χ2v) is 2.97. The minimum atomic E-state index is 0.670. The Morgan fingerprint density at radius 3 is 2.85 bits per heavy atom. The van der Waals surface area contributed by atoms with E-state index in [4.69, 9.17) is 0 Å². The van der Waals surface area contributed by atoms with Crippen LogP contribution < -0.4 is 0 Å². The first kappa shape index (κ1) is 7.91. The normalized spacial score (nSPS) is 10.6. The predicted octanol–water partition coefficient (Wildman–Crippen LogP) is 1.16. The van der Waals surface area contributed by atoms with E-state index >= 15 is 0 Å². The molecule has 0 fully saturated rings. The zero-order valence-corrected chi connectivity index (χ0v) is 7.48. The number of hydrogen-bond donors (Lipinski definition) is 0. The van der Waals surface area contributed by atoms with E-state index in [1.54, 1.807) is 10.7 Å². The Morgan fingerprint density at radius 2 is 2.23 bits per heavy atom. The summed E-state index contributed by atoms with van der Waals surface area (Å²) in [6, 6.07) is 0. The Kier molecular flexibility index (Phi) is 1.62. The molecular weight excluding hydrogens is 166 g/mol. The van der Waals surface area contributed by atoms with Crippen molar-refractivity contribution in [3.63, 3.8) is 0 Å². The summed E-state index contributed by atoms with van der Waals surface area (Å²) < 4.78 is 1.68. The summed E-state index contributed by atoms with van der Waals surface area (Å²) >= 11 is 0. The van der Waals surface area contributed by atoms with Crippen molar-refractivity contribution in [1.82, 2.24) is 14.6 Å². The number of aromatic nitrogens is 3. The van der Waals surface area contributed by atoms with Gasteiger partial charge in [0, 0.05) is 11.8 Å². The highest BCUT2D eigenvalue weighted by atomic mass is 16.1. The first-order valence-electron chi connectivity index (χ1n) is 3.98. The summed E-state index contributed by atoms with van der Waals surface area (Å²) in [6.07, 6.45) is 4.03. The van der Waals surface area contributed by atoms with E-state index in [-0.39, 0.29) is 0 Å². The highest BCUT2D eigenvalue weighted by molar-refractivity contribution is 5.82. The summed E-state index contributed by atoms with van der Waals surface area (Å²) in [5.74, 6) is 0. The monoisotopic (exact) mass is 175 g/mol. The third-order valence-electron chi connectivity index (χ3n) is 2.18. The van der Waals surface area contributed by atoms with Crippen LogP contribution in [0.15, 0.2) is 12.5 Å². The van der Waals surface area contributed by atoms with Gasteiger partial charge >= 0.3 is 0 Å². The minimum absolute atomic E-state index is 0.670. The van der Waals surface area contributed by atoms with Crippen LogP contribution in [0.5, 0.6) is 0 Å². The number of rotatable bonds is 1. The third kappa shape index (κ3) is 1.02. The molecule has 0 N–H and O–H groups in total. The van der Waals surface area contributed by atoms with Crippen molar-refractivity contribution in [3.8, 4) is 0 Å². The van der Waals surface area contributed by atoms with E-state index in [2.05, 4.69) is 10.1 Å². The molecule has 2 aromatic heterocycles. The molecule has 0 amide bonds. The van der Waals surface area contributed by atoms with Gasteiger partial charge in [0.2, 0.25) is 0 Å². The summed E-state index contributed by atoms with van der Waals surface area (Å²) in [5, 5.41) is 4.02. The molecule has 4 heteroatoms. The van der Waals surface area contributed by atoms with Crippen molar-refractivity contribution >= 4 is 11.8 Å². The van der Waals surface area contributed by atoms with Crippen LogP contribution >= 0.6 is 0 Å². The maximum absolute atomic E-state index is 10.6. The molecule has 0 aliphatic carbocycles. The molecule has 13 heavy (non-hydrogen) atoms. The van der Waals surface area contributed by atoms with Gasteiger partial charge in [-0.05, 0) is 19.4 Å². The van der Waals surface area contributed by atoms with Crippen LogP contribution in [0.2, 0.25) is 0 Å². The molecule has 0 saturated heterocycles. The van der Waals surface area contributed by atoms with Crippen molar-refractivity contribution in [1.29, 1.82) is 0 Å². The minimum Gasteiger partial charge on any atom is -0.298 e. The molecule has 2 aromatic rings. The van der Waals surface area contributed by atoms with E-state index in [1.807, 2.05) is 13.8 Å². The molecule has 0 radical (unpaired) electrons. The highest BCUT2D eigenvalue weighted by Crippen LogP contribution is 2.16. The van der Waals surface area contributed by atoms with Crippen LogP contribution in [0.4, 0.5) is 0 Å². The lowest BCUT2D eigenvalue weighted by Gasteiger charge is -1.96. The van der Waals surface area contributed by atoms with Crippen molar-refractivity contribution < 1.29 is 4.79 Å². The van der Waals surface area contributed by atoms with Crippen LogP contribution in [0.1, 0.15) is 21.6 Å². The van der Waals surface area contributed by atoms with E-state index < -0.39 is 0 Å². The smallest absolute Gasteiger partial charge is 0.151 e. The zero-order chi connectivity index (χ0) is 9.42. The largest absolute Gasteiger partial charge is 0.298 e. The van der Waals surface area contributed by atoms with Gasteiger partial charge < -0.3 is 0 Å². The Bertz CT molecular complexity index is 473. The van der Waals surface area contributed by atoms with E-state index in [0.717, 1.165) is 23.1 Å².